The fraction of sp³-hybridized carbons (Fsp3) is 0.722. The Morgan fingerprint density at radius 3 is 2.62 bits per heavy atom. The predicted molar refractivity (Wildman–Crippen MR) is 94.7 cm³/mol. The largest absolute Gasteiger partial charge is 0.341 e. The molecule has 4 heterocycles. The lowest BCUT2D eigenvalue weighted by Crippen LogP contribution is -2.45. The van der Waals surface area contributed by atoms with Crippen LogP contribution in [0.5, 0.6) is 0 Å². The minimum atomic E-state index is 0.323. The first kappa shape index (κ1) is 16.3. The number of amides is 1. The first-order valence-electron chi connectivity index (χ1n) is 9.10. The van der Waals surface area contributed by atoms with Gasteiger partial charge in [0.2, 0.25) is 5.91 Å². The van der Waals surface area contributed by atoms with E-state index in [4.69, 9.17) is 0 Å². The second-order valence-electron chi connectivity index (χ2n) is 7.48. The second kappa shape index (κ2) is 7.00. The summed E-state index contributed by atoms with van der Waals surface area (Å²) < 4.78 is 0. The van der Waals surface area contributed by atoms with Crippen LogP contribution < -0.4 is 0 Å². The van der Waals surface area contributed by atoms with Gasteiger partial charge >= 0.3 is 0 Å². The molecule has 6 heteroatoms. The van der Waals surface area contributed by atoms with Crippen LogP contribution in [0.2, 0.25) is 0 Å². The number of thioether (sulfide) groups is 1. The van der Waals surface area contributed by atoms with Crippen molar-refractivity contribution in [3.8, 4) is 0 Å². The van der Waals surface area contributed by atoms with Crippen molar-refractivity contribution in [2.24, 2.45) is 11.8 Å². The van der Waals surface area contributed by atoms with Gasteiger partial charge in [0.25, 0.3) is 0 Å². The summed E-state index contributed by atoms with van der Waals surface area (Å²) >= 11 is 1.57. The van der Waals surface area contributed by atoms with Crippen molar-refractivity contribution in [2.45, 2.75) is 49.8 Å². The van der Waals surface area contributed by atoms with E-state index in [0.717, 1.165) is 44.2 Å². The van der Waals surface area contributed by atoms with Gasteiger partial charge in [-0.2, -0.15) is 0 Å². The zero-order valence-corrected chi connectivity index (χ0v) is 15.2. The van der Waals surface area contributed by atoms with Gasteiger partial charge in [-0.05, 0) is 37.9 Å². The highest BCUT2D eigenvalue weighted by Crippen LogP contribution is 2.33. The number of hydrogen-bond donors (Lipinski definition) is 0. The molecule has 5 rings (SSSR count). The molecule has 2 atom stereocenters. The van der Waals surface area contributed by atoms with E-state index in [0.29, 0.717) is 23.8 Å². The van der Waals surface area contributed by atoms with Crippen molar-refractivity contribution in [3.05, 3.63) is 18.0 Å². The SMILES string of the molecule is CSc1ncc(CN2C[C@H]3CC[C@@H]2CN(C(=O)C2CCC2)C3)cn1. The molecule has 1 aromatic heterocycles. The molecule has 1 amide bonds. The van der Waals surface area contributed by atoms with Crippen LogP contribution in [-0.2, 0) is 11.3 Å². The second-order valence-corrected chi connectivity index (χ2v) is 8.25. The van der Waals surface area contributed by atoms with Gasteiger partial charge in [-0.3, -0.25) is 9.69 Å². The average Bonchev–Trinajstić information content (AvgIpc) is 2.86. The third-order valence-corrected chi connectivity index (χ3v) is 6.42. The minimum absolute atomic E-state index is 0.323. The van der Waals surface area contributed by atoms with Crippen LogP contribution in [0.25, 0.3) is 0 Å². The summed E-state index contributed by atoms with van der Waals surface area (Å²) in [5.41, 5.74) is 1.18. The monoisotopic (exact) mass is 346 g/mol. The van der Waals surface area contributed by atoms with Gasteiger partial charge in [0, 0.05) is 56.1 Å². The Hall–Kier alpha value is -1.14. The topological polar surface area (TPSA) is 49.3 Å². The van der Waals surface area contributed by atoms with Crippen molar-refractivity contribution in [1.82, 2.24) is 19.8 Å². The summed E-state index contributed by atoms with van der Waals surface area (Å²) in [6.45, 7) is 3.88. The Kier molecular flexibility index (Phi) is 4.77. The van der Waals surface area contributed by atoms with E-state index in [1.54, 1.807) is 11.8 Å². The third kappa shape index (κ3) is 3.31. The Balaban J connectivity index is 1.43. The molecular formula is C18H26N4OS. The maximum atomic E-state index is 12.7. The zero-order chi connectivity index (χ0) is 16.5. The van der Waals surface area contributed by atoms with Crippen molar-refractivity contribution in [2.75, 3.05) is 25.9 Å². The normalized spacial score (nSPS) is 27.8. The van der Waals surface area contributed by atoms with E-state index >= 15 is 0 Å². The molecule has 3 aliphatic heterocycles. The van der Waals surface area contributed by atoms with E-state index in [9.17, 15) is 4.79 Å². The first-order valence-corrected chi connectivity index (χ1v) is 10.3. The van der Waals surface area contributed by atoms with Gasteiger partial charge in [-0.15, -0.1) is 0 Å². The molecule has 24 heavy (non-hydrogen) atoms. The standard InChI is InChI=1S/C18H26N4OS/c1-24-18-19-7-14(8-20-18)11-21-9-13-5-6-16(21)12-22(10-13)17(23)15-3-2-4-15/h7-8,13,15-16H,2-6,9-12H2,1H3/t13-,16-/m1/s1. The van der Waals surface area contributed by atoms with Crippen molar-refractivity contribution < 1.29 is 4.79 Å². The summed E-state index contributed by atoms with van der Waals surface area (Å²) in [7, 11) is 0. The fourth-order valence-electron chi connectivity index (χ4n) is 4.23. The highest BCUT2D eigenvalue weighted by atomic mass is 32.2. The molecule has 1 aromatic rings. The minimum Gasteiger partial charge on any atom is -0.341 e. The van der Waals surface area contributed by atoms with E-state index in [2.05, 4.69) is 19.8 Å². The summed E-state index contributed by atoms with van der Waals surface area (Å²) in [5, 5.41) is 0.827. The van der Waals surface area contributed by atoms with Gasteiger partial charge < -0.3 is 4.90 Å². The number of fused-ring (bicyclic) bond motifs is 4. The lowest BCUT2D eigenvalue weighted by Gasteiger charge is -2.36. The molecule has 1 aliphatic carbocycles. The number of rotatable bonds is 4. The van der Waals surface area contributed by atoms with Crippen LogP contribution in [-0.4, -0.2) is 57.6 Å². The Morgan fingerprint density at radius 1 is 1.17 bits per heavy atom. The highest BCUT2D eigenvalue weighted by Gasteiger charge is 2.39. The van der Waals surface area contributed by atoms with Crippen molar-refractivity contribution in [3.63, 3.8) is 0 Å². The molecule has 0 aromatic carbocycles. The fourth-order valence-corrected chi connectivity index (χ4v) is 4.55. The number of carbonyl (C=O) groups excluding carboxylic acids is 1. The summed E-state index contributed by atoms with van der Waals surface area (Å²) in [4.78, 5) is 26.2. The molecule has 0 unspecified atom stereocenters. The smallest absolute Gasteiger partial charge is 0.225 e. The number of carbonyl (C=O) groups is 1. The average molecular weight is 347 g/mol. The number of hydrogen-bond acceptors (Lipinski definition) is 5. The maximum absolute atomic E-state index is 12.7. The van der Waals surface area contributed by atoms with Crippen molar-refractivity contribution >= 4 is 17.7 Å². The molecular weight excluding hydrogens is 320 g/mol. The van der Waals surface area contributed by atoms with Gasteiger partial charge in [0.05, 0.1) is 0 Å². The van der Waals surface area contributed by atoms with Gasteiger partial charge in [-0.25, -0.2) is 9.97 Å². The summed E-state index contributed by atoms with van der Waals surface area (Å²) in [6.07, 6.45) is 11.8. The summed E-state index contributed by atoms with van der Waals surface area (Å²) in [5.74, 6) is 1.37. The van der Waals surface area contributed by atoms with Crippen LogP contribution in [0.4, 0.5) is 0 Å². The van der Waals surface area contributed by atoms with Gasteiger partial charge in [-0.1, -0.05) is 18.2 Å². The van der Waals surface area contributed by atoms with Gasteiger partial charge in [0.15, 0.2) is 5.16 Å². The maximum Gasteiger partial charge on any atom is 0.225 e. The van der Waals surface area contributed by atoms with Crippen LogP contribution in [0.3, 0.4) is 0 Å². The van der Waals surface area contributed by atoms with Crippen LogP contribution >= 0.6 is 11.8 Å². The van der Waals surface area contributed by atoms with Crippen LogP contribution in [0.1, 0.15) is 37.7 Å². The lowest BCUT2D eigenvalue weighted by molar-refractivity contribution is -0.138. The molecule has 3 saturated heterocycles. The van der Waals surface area contributed by atoms with E-state index in [-0.39, 0.29) is 0 Å². The quantitative estimate of drug-likeness (QED) is 0.619. The molecule has 130 valence electrons. The molecule has 0 radical (unpaired) electrons. The predicted octanol–water partition coefficient (Wildman–Crippen LogP) is 2.42. The zero-order valence-electron chi connectivity index (χ0n) is 14.4. The van der Waals surface area contributed by atoms with E-state index < -0.39 is 0 Å². The summed E-state index contributed by atoms with van der Waals surface area (Å²) in [6, 6.07) is 0.494. The van der Waals surface area contributed by atoms with E-state index in [1.807, 2.05) is 18.6 Å². The van der Waals surface area contributed by atoms with Crippen molar-refractivity contribution in [1.29, 1.82) is 0 Å². The lowest BCUT2D eigenvalue weighted by atomic mass is 9.84. The van der Waals surface area contributed by atoms with Gasteiger partial charge in [0.1, 0.15) is 0 Å². The molecule has 0 spiro atoms. The molecule has 0 N–H and O–H groups in total. The number of nitrogens with zero attached hydrogens (tertiary/aromatic N) is 4. The highest BCUT2D eigenvalue weighted by molar-refractivity contribution is 7.98. The van der Waals surface area contributed by atoms with Crippen LogP contribution in [0.15, 0.2) is 17.6 Å². The molecule has 5 nitrogen and oxygen atoms in total. The molecule has 2 bridgehead atoms. The first-order chi connectivity index (χ1) is 11.7. The Labute approximate surface area is 148 Å². The molecule has 4 aliphatic rings. The Bertz CT molecular complexity index is 589. The molecule has 4 fully saturated rings. The Morgan fingerprint density at radius 2 is 1.96 bits per heavy atom. The van der Waals surface area contributed by atoms with E-state index in [1.165, 1.54) is 24.8 Å². The third-order valence-electron chi connectivity index (χ3n) is 5.84. The molecule has 1 saturated carbocycles. The van der Waals surface area contributed by atoms with Crippen LogP contribution in [0, 0.1) is 11.8 Å². The number of aromatic nitrogens is 2. The number of piperidine rings is 1.